The molecule has 0 aromatic heterocycles. The molecule has 0 aliphatic carbocycles. The highest BCUT2D eigenvalue weighted by molar-refractivity contribution is 6.32. The van der Waals surface area contributed by atoms with Gasteiger partial charge in [-0.2, -0.15) is 0 Å². The Kier molecular flexibility index (Phi) is 5.63. The first-order chi connectivity index (χ1) is 8.02. The van der Waals surface area contributed by atoms with Crippen LogP contribution in [0.3, 0.4) is 0 Å². The highest BCUT2D eigenvalue weighted by atomic mass is 35.5. The molecule has 1 atom stereocenters. The van der Waals surface area contributed by atoms with Crippen molar-refractivity contribution < 1.29 is 4.74 Å². The molecular formula is C14H22ClNO. The maximum atomic E-state index is 6.08. The minimum absolute atomic E-state index is 0.460. The van der Waals surface area contributed by atoms with Crippen molar-refractivity contribution in [3.8, 4) is 5.75 Å². The monoisotopic (exact) mass is 255 g/mol. The van der Waals surface area contributed by atoms with Crippen molar-refractivity contribution >= 4 is 17.3 Å². The van der Waals surface area contributed by atoms with Crippen LogP contribution in [0.2, 0.25) is 5.02 Å². The molecule has 0 saturated carbocycles. The number of methoxy groups -OCH3 is 1. The number of hydrogen-bond donors (Lipinski definition) is 1. The minimum Gasteiger partial charge on any atom is -0.495 e. The molecular weight excluding hydrogens is 234 g/mol. The fourth-order valence-corrected chi connectivity index (χ4v) is 1.95. The summed E-state index contributed by atoms with van der Waals surface area (Å²) in [6.07, 6.45) is 2.40. The summed E-state index contributed by atoms with van der Waals surface area (Å²) in [7, 11) is 1.62. The van der Waals surface area contributed by atoms with Gasteiger partial charge in [0.1, 0.15) is 5.75 Å². The van der Waals surface area contributed by atoms with Gasteiger partial charge in [0.05, 0.1) is 12.1 Å². The zero-order valence-corrected chi connectivity index (χ0v) is 11.8. The van der Waals surface area contributed by atoms with Gasteiger partial charge in [-0.05, 0) is 43.9 Å². The Labute approximate surface area is 109 Å². The summed E-state index contributed by atoms with van der Waals surface area (Å²) >= 11 is 6.08. The lowest BCUT2D eigenvalue weighted by Gasteiger charge is -2.17. The third kappa shape index (κ3) is 4.86. The van der Waals surface area contributed by atoms with Crippen LogP contribution >= 0.6 is 11.6 Å². The lowest BCUT2D eigenvalue weighted by atomic mass is 10.0. The van der Waals surface area contributed by atoms with E-state index in [4.69, 9.17) is 16.3 Å². The van der Waals surface area contributed by atoms with E-state index in [1.165, 1.54) is 12.8 Å². The summed E-state index contributed by atoms with van der Waals surface area (Å²) in [5.74, 6) is 1.46. The number of hydrogen-bond acceptors (Lipinski definition) is 2. The average molecular weight is 256 g/mol. The van der Waals surface area contributed by atoms with Crippen molar-refractivity contribution in [2.45, 2.75) is 39.7 Å². The van der Waals surface area contributed by atoms with Crippen LogP contribution in [0.1, 0.15) is 33.6 Å². The maximum absolute atomic E-state index is 6.08. The van der Waals surface area contributed by atoms with Crippen molar-refractivity contribution in [2.24, 2.45) is 5.92 Å². The molecule has 96 valence electrons. The van der Waals surface area contributed by atoms with Gasteiger partial charge < -0.3 is 10.1 Å². The van der Waals surface area contributed by atoms with Gasteiger partial charge in [-0.15, -0.1) is 0 Å². The molecule has 0 bridgehead atoms. The third-order valence-corrected chi connectivity index (χ3v) is 3.04. The molecule has 1 aromatic carbocycles. The standard InChI is InChI=1S/C14H22ClNO/c1-10(2)5-6-11(3)16-12-7-8-14(17-4)13(15)9-12/h7-11,16H,5-6H2,1-4H3. The lowest BCUT2D eigenvalue weighted by Crippen LogP contribution is -2.15. The first kappa shape index (κ1) is 14.2. The molecule has 0 amide bonds. The Morgan fingerprint density at radius 1 is 1.24 bits per heavy atom. The van der Waals surface area contributed by atoms with Crippen LogP contribution in [-0.2, 0) is 0 Å². The first-order valence-electron chi connectivity index (χ1n) is 6.13. The van der Waals surface area contributed by atoms with Gasteiger partial charge in [0, 0.05) is 11.7 Å². The molecule has 3 heteroatoms. The molecule has 0 spiro atoms. The van der Waals surface area contributed by atoms with E-state index in [0.29, 0.717) is 16.8 Å². The zero-order valence-electron chi connectivity index (χ0n) is 11.1. The SMILES string of the molecule is COc1ccc(NC(C)CCC(C)C)cc1Cl. The summed E-state index contributed by atoms with van der Waals surface area (Å²) in [4.78, 5) is 0. The van der Waals surface area contributed by atoms with Crippen LogP contribution in [0.4, 0.5) is 5.69 Å². The third-order valence-electron chi connectivity index (χ3n) is 2.74. The van der Waals surface area contributed by atoms with Gasteiger partial charge >= 0.3 is 0 Å². The van der Waals surface area contributed by atoms with Crippen molar-refractivity contribution in [1.29, 1.82) is 0 Å². The molecule has 1 rings (SSSR count). The fourth-order valence-electron chi connectivity index (χ4n) is 1.70. The maximum Gasteiger partial charge on any atom is 0.137 e. The highest BCUT2D eigenvalue weighted by Gasteiger charge is 2.06. The van der Waals surface area contributed by atoms with Gasteiger partial charge in [0.2, 0.25) is 0 Å². The smallest absolute Gasteiger partial charge is 0.137 e. The number of nitrogens with one attached hydrogen (secondary N) is 1. The number of anilines is 1. The molecule has 0 heterocycles. The molecule has 1 unspecified atom stereocenters. The van der Waals surface area contributed by atoms with Crippen LogP contribution in [0, 0.1) is 5.92 Å². The van der Waals surface area contributed by atoms with E-state index in [2.05, 4.69) is 26.1 Å². The van der Waals surface area contributed by atoms with Crippen LogP contribution < -0.4 is 10.1 Å². The van der Waals surface area contributed by atoms with E-state index < -0.39 is 0 Å². The molecule has 17 heavy (non-hydrogen) atoms. The van der Waals surface area contributed by atoms with E-state index >= 15 is 0 Å². The Morgan fingerprint density at radius 2 is 1.94 bits per heavy atom. The Hall–Kier alpha value is -0.890. The Bertz CT molecular complexity index is 352. The van der Waals surface area contributed by atoms with Crippen LogP contribution in [-0.4, -0.2) is 13.2 Å². The van der Waals surface area contributed by atoms with Crippen LogP contribution in [0.25, 0.3) is 0 Å². The number of ether oxygens (including phenoxy) is 1. The van der Waals surface area contributed by atoms with Gasteiger partial charge in [0.15, 0.2) is 0 Å². The van der Waals surface area contributed by atoms with Crippen LogP contribution in [0.15, 0.2) is 18.2 Å². The Morgan fingerprint density at radius 3 is 2.47 bits per heavy atom. The molecule has 0 radical (unpaired) electrons. The second-order valence-electron chi connectivity index (χ2n) is 4.87. The number of rotatable bonds is 6. The molecule has 0 fully saturated rings. The molecule has 0 saturated heterocycles. The Balaban J connectivity index is 2.53. The number of halogens is 1. The van der Waals surface area contributed by atoms with Crippen molar-refractivity contribution in [2.75, 3.05) is 12.4 Å². The van der Waals surface area contributed by atoms with E-state index in [-0.39, 0.29) is 0 Å². The predicted molar refractivity (Wildman–Crippen MR) is 75.2 cm³/mol. The first-order valence-corrected chi connectivity index (χ1v) is 6.50. The summed E-state index contributed by atoms with van der Waals surface area (Å²) in [5.41, 5.74) is 1.05. The van der Waals surface area contributed by atoms with Gasteiger partial charge in [-0.25, -0.2) is 0 Å². The molecule has 1 aromatic rings. The van der Waals surface area contributed by atoms with Crippen molar-refractivity contribution in [3.63, 3.8) is 0 Å². The summed E-state index contributed by atoms with van der Waals surface area (Å²) < 4.78 is 5.12. The second kappa shape index (κ2) is 6.75. The van der Waals surface area contributed by atoms with Crippen LogP contribution in [0.5, 0.6) is 5.75 Å². The number of benzene rings is 1. The van der Waals surface area contributed by atoms with Crippen molar-refractivity contribution in [3.05, 3.63) is 23.2 Å². The topological polar surface area (TPSA) is 21.3 Å². The van der Waals surface area contributed by atoms with Crippen molar-refractivity contribution in [1.82, 2.24) is 0 Å². The predicted octanol–water partition coefficient (Wildman–Crippen LogP) is 4.59. The molecule has 2 nitrogen and oxygen atoms in total. The minimum atomic E-state index is 0.460. The summed E-state index contributed by atoms with van der Waals surface area (Å²) in [5, 5.41) is 4.10. The molecule has 0 aliphatic heterocycles. The van der Waals surface area contributed by atoms with E-state index in [9.17, 15) is 0 Å². The molecule has 0 aliphatic rings. The lowest BCUT2D eigenvalue weighted by molar-refractivity contribution is 0.415. The van der Waals surface area contributed by atoms with Gasteiger partial charge in [0.25, 0.3) is 0 Å². The quantitative estimate of drug-likeness (QED) is 0.803. The largest absolute Gasteiger partial charge is 0.495 e. The molecule has 1 N–H and O–H groups in total. The summed E-state index contributed by atoms with van der Waals surface area (Å²) in [6, 6.07) is 6.25. The van der Waals surface area contributed by atoms with Gasteiger partial charge in [-0.1, -0.05) is 25.4 Å². The van der Waals surface area contributed by atoms with E-state index in [1.807, 2.05) is 18.2 Å². The normalized spacial score (nSPS) is 12.6. The zero-order chi connectivity index (χ0) is 12.8. The second-order valence-corrected chi connectivity index (χ2v) is 5.27. The summed E-state index contributed by atoms with van der Waals surface area (Å²) in [6.45, 7) is 6.69. The van der Waals surface area contributed by atoms with E-state index in [0.717, 1.165) is 11.6 Å². The average Bonchev–Trinajstić information content (AvgIpc) is 2.26. The highest BCUT2D eigenvalue weighted by Crippen LogP contribution is 2.27. The van der Waals surface area contributed by atoms with E-state index in [1.54, 1.807) is 7.11 Å². The van der Waals surface area contributed by atoms with Gasteiger partial charge in [-0.3, -0.25) is 0 Å². The fraction of sp³-hybridized carbons (Fsp3) is 0.571.